The average Bonchev–Trinajstić information content (AvgIpc) is 2.60. The van der Waals surface area contributed by atoms with Gasteiger partial charge in [0.15, 0.2) is 0 Å². The van der Waals surface area contributed by atoms with Crippen LogP contribution in [0.25, 0.3) is 0 Å². The lowest BCUT2D eigenvalue weighted by molar-refractivity contribution is -0.118. The smallest absolute Gasteiger partial charge is 0.257 e. The Kier molecular flexibility index (Phi) is 5.80. The highest BCUT2D eigenvalue weighted by atomic mass is 35.5. The molecule has 1 N–H and O–H groups in total. The van der Waals surface area contributed by atoms with E-state index in [2.05, 4.69) is 19.2 Å². The van der Waals surface area contributed by atoms with Crippen LogP contribution in [-0.2, 0) is 11.2 Å². The van der Waals surface area contributed by atoms with Crippen molar-refractivity contribution in [2.45, 2.75) is 33.1 Å². The number of nitrogens with zero attached hydrogens (tertiary/aromatic N) is 1. The Morgan fingerprint density at radius 1 is 1.22 bits per heavy atom. The molecular formula is C21H22ClFN2O2. The van der Waals surface area contributed by atoms with E-state index < -0.39 is 11.7 Å². The molecule has 1 heterocycles. The molecule has 0 aliphatic carbocycles. The Morgan fingerprint density at radius 3 is 2.70 bits per heavy atom. The van der Waals surface area contributed by atoms with Crippen molar-refractivity contribution in [2.75, 3.05) is 16.8 Å². The van der Waals surface area contributed by atoms with Crippen LogP contribution in [0.2, 0.25) is 5.02 Å². The number of carbonyl (C=O) groups is 2. The number of aryl methyl sites for hydroxylation is 1. The molecule has 0 spiro atoms. The van der Waals surface area contributed by atoms with E-state index in [4.69, 9.17) is 11.6 Å². The SMILES string of the molecule is CC(C)CCN1C(=O)CCc2cc(NC(=O)c3ccc(F)cc3Cl)ccc21. The van der Waals surface area contributed by atoms with Crippen molar-refractivity contribution in [2.24, 2.45) is 5.92 Å². The molecule has 2 aromatic rings. The zero-order valence-electron chi connectivity index (χ0n) is 15.4. The molecule has 0 atom stereocenters. The normalized spacial score (nSPS) is 13.7. The second kappa shape index (κ2) is 8.09. The van der Waals surface area contributed by atoms with E-state index in [1.165, 1.54) is 12.1 Å². The summed E-state index contributed by atoms with van der Waals surface area (Å²) in [4.78, 5) is 26.6. The highest BCUT2D eigenvalue weighted by molar-refractivity contribution is 6.34. The van der Waals surface area contributed by atoms with Crippen molar-refractivity contribution >= 4 is 34.8 Å². The van der Waals surface area contributed by atoms with E-state index in [1.54, 1.807) is 6.07 Å². The van der Waals surface area contributed by atoms with Gasteiger partial charge in [0.25, 0.3) is 5.91 Å². The van der Waals surface area contributed by atoms with Crippen molar-refractivity contribution in [3.8, 4) is 0 Å². The minimum absolute atomic E-state index is 0.0657. The fraction of sp³-hybridized carbons (Fsp3) is 0.333. The number of hydrogen-bond donors (Lipinski definition) is 1. The van der Waals surface area contributed by atoms with E-state index in [9.17, 15) is 14.0 Å². The fourth-order valence-corrected chi connectivity index (χ4v) is 3.40. The first-order valence-electron chi connectivity index (χ1n) is 9.05. The lowest BCUT2D eigenvalue weighted by Gasteiger charge is -2.30. The highest BCUT2D eigenvalue weighted by Gasteiger charge is 2.24. The molecule has 2 amide bonds. The maximum absolute atomic E-state index is 13.2. The van der Waals surface area contributed by atoms with Gasteiger partial charge in [-0.3, -0.25) is 9.59 Å². The van der Waals surface area contributed by atoms with Gasteiger partial charge in [-0.05, 0) is 60.7 Å². The second-order valence-electron chi connectivity index (χ2n) is 7.15. The molecule has 0 saturated carbocycles. The summed E-state index contributed by atoms with van der Waals surface area (Å²) in [5, 5.41) is 2.86. The highest BCUT2D eigenvalue weighted by Crippen LogP contribution is 2.31. The number of rotatable bonds is 5. The van der Waals surface area contributed by atoms with Crippen LogP contribution in [0.4, 0.5) is 15.8 Å². The van der Waals surface area contributed by atoms with Gasteiger partial charge in [-0.2, -0.15) is 0 Å². The van der Waals surface area contributed by atoms with Crippen molar-refractivity contribution < 1.29 is 14.0 Å². The average molecular weight is 389 g/mol. The number of nitrogens with one attached hydrogen (secondary N) is 1. The Labute approximate surface area is 163 Å². The number of carbonyl (C=O) groups excluding carboxylic acids is 2. The molecule has 0 aromatic heterocycles. The summed E-state index contributed by atoms with van der Waals surface area (Å²) in [6.07, 6.45) is 2.05. The number of benzene rings is 2. The zero-order valence-corrected chi connectivity index (χ0v) is 16.1. The van der Waals surface area contributed by atoms with Crippen LogP contribution in [0.3, 0.4) is 0 Å². The van der Waals surface area contributed by atoms with Crippen molar-refractivity contribution in [1.29, 1.82) is 0 Å². The first-order valence-corrected chi connectivity index (χ1v) is 9.42. The van der Waals surface area contributed by atoms with Gasteiger partial charge in [-0.15, -0.1) is 0 Å². The van der Waals surface area contributed by atoms with E-state index in [0.29, 0.717) is 31.0 Å². The number of hydrogen-bond acceptors (Lipinski definition) is 2. The lowest BCUT2D eigenvalue weighted by atomic mass is 9.99. The maximum Gasteiger partial charge on any atom is 0.257 e. The largest absolute Gasteiger partial charge is 0.322 e. The molecule has 1 aliphatic heterocycles. The van der Waals surface area contributed by atoms with Crippen LogP contribution in [0.5, 0.6) is 0 Å². The molecule has 2 aromatic carbocycles. The number of anilines is 2. The molecule has 3 rings (SSSR count). The van der Waals surface area contributed by atoms with Crippen LogP contribution in [0.1, 0.15) is 42.6 Å². The molecule has 27 heavy (non-hydrogen) atoms. The quantitative estimate of drug-likeness (QED) is 0.778. The third-order valence-electron chi connectivity index (χ3n) is 4.64. The summed E-state index contributed by atoms with van der Waals surface area (Å²) in [5.74, 6) is -0.236. The summed E-state index contributed by atoms with van der Waals surface area (Å²) in [5.41, 5.74) is 2.77. The third-order valence-corrected chi connectivity index (χ3v) is 4.96. The molecule has 0 radical (unpaired) electrons. The van der Waals surface area contributed by atoms with Gasteiger partial charge in [-0.1, -0.05) is 25.4 Å². The standard InChI is InChI=1S/C21H22ClFN2O2/c1-13(2)9-10-25-19-7-5-16(11-14(19)3-8-20(25)26)24-21(27)17-6-4-15(23)12-18(17)22/h4-7,11-13H,3,8-10H2,1-2H3,(H,24,27). The Hall–Kier alpha value is -2.40. The Balaban J connectivity index is 1.79. The summed E-state index contributed by atoms with van der Waals surface area (Å²) in [7, 11) is 0. The number of fused-ring (bicyclic) bond motifs is 1. The van der Waals surface area contributed by atoms with Gasteiger partial charge < -0.3 is 10.2 Å². The first-order chi connectivity index (χ1) is 12.8. The molecule has 4 nitrogen and oxygen atoms in total. The van der Waals surface area contributed by atoms with Crippen LogP contribution in [-0.4, -0.2) is 18.4 Å². The molecule has 0 saturated heterocycles. The van der Waals surface area contributed by atoms with Gasteiger partial charge in [0.1, 0.15) is 5.82 Å². The molecule has 0 unspecified atom stereocenters. The van der Waals surface area contributed by atoms with E-state index in [-0.39, 0.29) is 16.5 Å². The third kappa shape index (κ3) is 4.48. The van der Waals surface area contributed by atoms with Gasteiger partial charge in [-0.25, -0.2) is 4.39 Å². The summed E-state index contributed by atoms with van der Waals surface area (Å²) in [6, 6.07) is 9.20. The number of halogens is 2. The van der Waals surface area contributed by atoms with Crippen LogP contribution in [0.15, 0.2) is 36.4 Å². The van der Waals surface area contributed by atoms with E-state index >= 15 is 0 Å². The van der Waals surface area contributed by atoms with Crippen LogP contribution < -0.4 is 10.2 Å². The zero-order chi connectivity index (χ0) is 19.6. The minimum Gasteiger partial charge on any atom is -0.322 e. The summed E-state index contributed by atoms with van der Waals surface area (Å²) < 4.78 is 13.2. The lowest BCUT2D eigenvalue weighted by Crippen LogP contribution is -2.36. The minimum atomic E-state index is -0.489. The Morgan fingerprint density at radius 2 is 2.00 bits per heavy atom. The van der Waals surface area contributed by atoms with Crippen molar-refractivity contribution in [3.63, 3.8) is 0 Å². The summed E-state index contributed by atoms with van der Waals surface area (Å²) in [6.45, 7) is 4.96. The van der Waals surface area contributed by atoms with Gasteiger partial charge in [0.2, 0.25) is 5.91 Å². The second-order valence-corrected chi connectivity index (χ2v) is 7.56. The van der Waals surface area contributed by atoms with E-state index in [0.717, 1.165) is 23.7 Å². The van der Waals surface area contributed by atoms with Crippen molar-refractivity contribution in [3.05, 3.63) is 58.4 Å². The van der Waals surface area contributed by atoms with E-state index in [1.807, 2.05) is 17.0 Å². The first kappa shape index (κ1) is 19.4. The van der Waals surface area contributed by atoms with Crippen molar-refractivity contribution in [1.82, 2.24) is 0 Å². The summed E-state index contributed by atoms with van der Waals surface area (Å²) >= 11 is 5.96. The molecule has 6 heteroatoms. The van der Waals surface area contributed by atoms with Gasteiger partial charge >= 0.3 is 0 Å². The van der Waals surface area contributed by atoms with Crippen LogP contribution in [0, 0.1) is 11.7 Å². The predicted octanol–water partition coefficient (Wildman–Crippen LogP) is 5.06. The Bertz CT molecular complexity index is 882. The molecule has 142 valence electrons. The number of amides is 2. The molecule has 0 fully saturated rings. The topological polar surface area (TPSA) is 49.4 Å². The molecular weight excluding hydrogens is 367 g/mol. The van der Waals surface area contributed by atoms with Gasteiger partial charge in [0.05, 0.1) is 10.6 Å². The van der Waals surface area contributed by atoms with Crippen LogP contribution >= 0.6 is 11.6 Å². The fourth-order valence-electron chi connectivity index (χ4n) is 3.14. The maximum atomic E-state index is 13.2. The predicted molar refractivity (Wildman–Crippen MR) is 106 cm³/mol. The molecule has 1 aliphatic rings. The van der Waals surface area contributed by atoms with Gasteiger partial charge in [0, 0.05) is 24.3 Å². The molecule has 0 bridgehead atoms. The monoisotopic (exact) mass is 388 g/mol.